The van der Waals surface area contributed by atoms with Crippen molar-refractivity contribution in [2.75, 3.05) is 20.3 Å². The summed E-state index contributed by atoms with van der Waals surface area (Å²) in [5.41, 5.74) is 4.47. The predicted octanol–water partition coefficient (Wildman–Crippen LogP) is 3.55. The first-order valence-corrected chi connectivity index (χ1v) is 11.5. The molecule has 3 atom stereocenters. The van der Waals surface area contributed by atoms with Crippen molar-refractivity contribution in [1.82, 2.24) is 10.6 Å². The van der Waals surface area contributed by atoms with Gasteiger partial charge in [-0.1, -0.05) is 55.5 Å². The van der Waals surface area contributed by atoms with E-state index in [0.717, 1.165) is 22.3 Å². The smallest absolute Gasteiger partial charge is 0.407 e. The van der Waals surface area contributed by atoms with Gasteiger partial charge in [0.15, 0.2) is 0 Å². The third-order valence-electron chi connectivity index (χ3n) is 6.22. The molecule has 0 bridgehead atoms. The Morgan fingerprint density at radius 3 is 2.15 bits per heavy atom. The summed E-state index contributed by atoms with van der Waals surface area (Å²) in [5, 5.41) is 14.2. The van der Waals surface area contributed by atoms with Crippen LogP contribution in [0.5, 0.6) is 0 Å². The summed E-state index contributed by atoms with van der Waals surface area (Å²) in [4.78, 5) is 36.1. The van der Waals surface area contributed by atoms with Crippen molar-refractivity contribution in [2.24, 2.45) is 5.92 Å². The third kappa shape index (κ3) is 6.14. The Morgan fingerprint density at radius 1 is 1.00 bits per heavy atom. The lowest BCUT2D eigenvalue weighted by molar-refractivity contribution is -0.137. The van der Waals surface area contributed by atoms with Crippen molar-refractivity contribution in [2.45, 2.75) is 44.8 Å². The molecular formula is C26H32N2O6. The molecule has 0 spiro atoms. The highest BCUT2D eigenvalue weighted by molar-refractivity contribution is 5.86. The first-order valence-electron chi connectivity index (χ1n) is 11.5. The number of hydrogen-bond acceptors (Lipinski definition) is 5. The van der Waals surface area contributed by atoms with Gasteiger partial charge in [0.2, 0.25) is 5.91 Å². The van der Waals surface area contributed by atoms with Crippen LogP contribution in [0.4, 0.5) is 4.79 Å². The predicted molar refractivity (Wildman–Crippen MR) is 128 cm³/mol. The van der Waals surface area contributed by atoms with Crippen molar-refractivity contribution in [3.63, 3.8) is 0 Å². The average molecular weight is 469 g/mol. The van der Waals surface area contributed by atoms with Gasteiger partial charge in [-0.15, -0.1) is 0 Å². The molecule has 0 heterocycles. The lowest BCUT2D eigenvalue weighted by Gasteiger charge is -2.24. The van der Waals surface area contributed by atoms with Gasteiger partial charge in [0.25, 0.3) is 0 Å². The zero-order valence-electron chi connectivity index (χ0n) is 19.7. The number of hydrogen-bond donors (Lipinski definition) is 3. The molecule has 0 saturated heterocycles. The molecule has 1 aliphatic carbocycles. The van der Waals surface area contributed by atoms with Gasteiger partial charge >= 0.3 is 12.1 Å². The number of carbonyl (C=O) groups is 3. The Morgan fingerprint density at radius 2 is 1.59 bits per heavy atom. The van der Waals surface area contributed by atoms with Gasteiger partial charge in [-0.3, -0.25) is 9.59 Å². The molecule has 2 amide bonds. The SMILES string of the molecule is COC(C)C(NC(=O)OCC1c2ccccc2-c2ccccc21)C(=O)NCC(C)CCC(=O)O. The molecule has 3 unspecified atom stereocenters. The average Bonchev–Trinajstić information content (AvgIpc) is 3.16. The minimum atomic E-state index is -0.952. The van der Waals surface area contributed by atoms with E-state index in [9.17, 15) is 14.4 Å². The highest BCUT2D eigenvalue weighted by atomic mass is 16.5. The number of rotatable bonds is 11. The van der Waals surface area contributed by atoms with Gasteiger partial charge in [0, 0.05) is 26.0 Å². The first kappa shape index (κ1) is 25.2. The summed E-state index contributed by atoms with van der Waals surface area (Å²) in [6.07, 6.45) is -0.813. The highest BCUT2D eigenvalue weighted by Crippen LogP contribution is 2.44. The number of carboxylic acids is 1. The van der Waals surface area contributed by atoms with E-state index >= 15 is 0 Å². The summed E-state index contributed by atoms with van der Waals surface area (Å²) >= 11 is 0. The molecule has 8 heteroatoms. The number of carboxylic acid groups (broad SMARTS) is 1. The number of fused-ring (bicyclic) bond motifs is 3. The Hall–Kier alpha value is -3.39. The number of benzene rings is 2. The van der Waals surface area contributed by atoms with E-state index < -0.39 is 30.1 Å². The lowest BCUT2D eigenvalue weighted by atomic mass is 9.98. The molecular weight excluding hydrogens is 436 g/mol. The Labute approximate surface area is 199 Å². The summed E-state index contributed by atoms with van der Waals surface area (Å²) in [7, 11) is 1.46. The van der Waals surface area contributed by atoms with E-state index in [0.29, 0.717) is 13.0 Å². The van der Waals surface area contributed by atoms with Crippen LogP contribution in [0.15, 0.2) is 48.5 Å². The molecule has 182 valence electrons. The highest BCUT2D eigenvalue weighted by Gasteiger charge is 2.31. The van der Waals surface area contributed by atoms with Crippen molar-refractivity contribution in [1.29, 1.82) is 0 Å². The quantitative estimate of drug-likeness (QED) is 0.465. The van der Waals surface area contributed by atoms with E-state index in [2.05, 4.69) is 22.8 Å². The number of amides is 2. The van der Waals surface area contributed by atoms with E-state index in [1.165, 1.54) is 7.11 Å². The van der Waals surface area contributed by atoms with E-state index in [4.69, 9.17) is 14.6 Å². The fraction of sp³-hybridized carbons (Fsp3) is 0.423. The second-order valence-electron chi connectivity index (χ2n) is 8.67. The van der Waals surface area contributed by atoms with Gasteiger partial charge in [-0.2, -0.15) is 0 Å². The topological polar surface area (TPSA) is 114 Å². The fourth-order valence-electron chi connectivity index (χ4n) is 4.16. The number of nitrogens with one attached hydrogen (secondary N) is 2. The van der Waals surface area contributed by atoms with Gasteiger partial charge in [0.05, 0.1) is 6.10 Å². The summed E-state index contributed by atoms with van der Waals surface area (Å²) in [5.74, 6) is -1.39. The minimum absolute atomic E-state index is 0.0204. The molecule has 0 aromatic heterocycles. The van der Waals surface area contributed by atoms with Crippen LogP contribution in [0.25, 0.3) is 11.1 Å². The van der Waals surface area contributed by atoms with Crippen LogP contribution in [0.1, 0.15) is 43.7 Å². The van der Waals surface area contributed by atoms with Crippen molar-refractivity contribution >= 4 is 18.0 Å². The van der Waals surface area contributed by atoms with Gasteiger partial charge in [0.1, 0.15) is 12.6 Å². The van der Waals surface area contributed by atoms with Crippen molar-refractivity contribution < 1.29 is 29.0 Å². The normalized spacial score (nSPS) is 14.9. The van der Waals surface area contributed by atoms with Gasteiger partial charge in [-0.05, 0) is 41.5 Å². The number of aliphatic carboxylic acids is 1. The number of methoxy groups -OCH3 is 1. The number of ether oxygens (including phenoxy) is 2. The Bertz CT molecular complexity index is 978. The van der Waals surface area contributed by atoms with Crippen LogP contribution in [0, 0.1) is 5.92 Å². The monoisotopic (exact) mass is 468 g/mol. The van der Waals surface area contributed by atoms with E-state index in [1.807, 2.05) is 43.3 Å². The molecule has 3 rings (SSSR count). The maximum Gasteiger partial charge on any atom is 0.407 e. The molecule has 0 aliphatic heterocycles. The Kier molecular flexibility index (Phi) is 8.65. The molecule has 2 aromatic carbocycles. The van der Waals surface area contributed by atoms with Crippen LogP contribution >= 0.6 is 0 Å². The molecule has 0 saturated carbocycles. The molecule has 1 aliphatic rings. The third-order valence-corrected chi connectivity index (χ3v) is 6.22. The molecule has 3 N–H and O–H groups in total. The minimum Gasteiger partial charge on any atom is -0.481 e. The van der Waals surface area contributed by atoms with E-state index in [1.54, 1.807) is 6.92 Å². The summed E-state index contributed by atoms with van der Waals surface area (Å²) < 4.78 is 10.8. The van der Waals surface area contributed by atoms with Gasteiger partial charge in [-0.25, -0.2) is 4.79 Å². The van der Waals surface area contributed by atoms with Crippen LogP contribution < -0.4 is 10.6 Å². The maximum atomic E-state index is 12.7. The largest absolute Gasteiger partial charge is 0.481 e. The molecule has 0 radical (unpaired) electrons. The van der Waals surface area contributed by atoms with Gasteiger partial charge < -0.3 is 25.2 Å². The van der Waals surface area contributed by atoms with Crippen molar-refractivity contribution in [3.8, 4) is 11.1 Å². The fourth-order valence-corrected chi connectivity index (χ4v) is 4.16. The van der Waals surface area contributed by atoms with Crippen LogP contribution in [-0.2, 0) is 19.1 Å². The zero-order valence-corrected chi connectivity index (χ0v) is 19.7. The summed E-state index contributed by atoms with van der Waals surface area (Å²) in [6, 6.07) is 15.2. The maximum absolute atomic E-state index is 12.7. The van der Waals surface area contributed by atoms with Crippen LogP contribution in [-0.4, -0.2) is 55.5 Å². The Balaban J connectivity index is 1.59. The zero-order chi connectivity index (χ0) is 24.7. The first-order chi connectivity index (χ1) is 16.3. The standard InChI is InChI=1S/C26H32N2O6/c1-16(12-13-23(29)30)14-27-25(31)24(17(2)33-3)28-26(32)34-15-22-20-10-6-4-8-18(20)19-9-5-7-11-21(19)22/h4-11,16-17,22,24H,12-15H2,1-3H3,(H,27,31)(H,28,32)(H,29,30). The second-order valence-corrected chi connectivity index (χ2v) is 8.67. The second kappa shape index (κ2) is 11.7. The molecule has 0 fully saturated rings. The van der Waals surface area contributed by atoms with Crippen molar-refractivity contribution in [3.05, 3.63) is 59.7 Å². The van der Waals surface area contributed by atoms with Crippen LogP contribution in [0.3, 0.4) is 0 Å². The summed E-state index contributed by atoms with van der Waals surface area (Å²) in [6.45, 7) is 3.98. The van der Waals surface area contributed by atoms with E-state index in [-0.39, 0.29) is 24.9 Å². The van der Waals surface area contributed by atoms with Crippen LogP contribution in [0.2, 0.25) is 0 Å². The molecule has 34 heavy (non-hydrogen) atoms. The molecule has 2 aromatic rings. The molecule has 8 nitrogen and oxygen atoms in total. The lowest BCUT2D eigenvalue weighted by Crippen LogP contribution is -2.53. The number of alkyl carbamates (subject to hydrolysis) is 1. The number of carbonyl (C=O) groups excluding carboxylic acids is 2.